The number of halogens is 1. The lowest BCUT2D eigenvalue weighted by molar-refractivity contribution is 0.0148. The van der Waals surface area contributed by atoms with Gasteiger partial charge in [0.05, 0.1) is 23.1 Å². The molecule has 0 radical (unpaired) electrons. The molecule has 1 aliphatic rings. The number of carbonyl (C=O) groups excluding carboxylic acids is 1. The van der Waals surface area contributed by atoms with Crippen molar-refractivity contribution in [2.45, 2.75) is 45.6 Å². The van der Waals surface area contributed by atoms with Crippen LogP contribution in [0.25, 0.3) is 0 Å². The smallest absolute Gasteiger partial charge is 0.410 e. The van der Waals surface area contributed by atoms with E-state index in [4.69, 9.17) is 9.47 Å². The van der Waals surface area contributed by atoms with Crippen LogP contribution in [0.3, 0.4) is 0 Å². The Balaban J connectivity index is 2.03. The van der Waals surface area contributed by atoms with Gasteiger partial charge in [-0.15, -0.1) is 0 Å². The average molecular weight is 409 g/mol. The van der Waals surface area contributed by atoms with Gasteiger partial charge in [-0.2, -0.15) is 5.26 Å². The largest absolute Gasteiger partial charge is 0.496 e. The minimum atomic E-state index is -0.504. The maximum absolute atomic E-state index is 12.2. The van der Waals surface area contributed by atoms with Gasteiger partial charge in [0.2, 0.25) is 0 Å². The van der Waals surface area contributed by atoms with Crippen molar-refractivity contribution < 1.29 is 14.3 Å². The Hall–Kier alpha value is -1.74. The molecular formula is C19H25BrN2O3. The summed E-state index contributed by atoms with van der Waals surface area (Å²) >= 11 is 3.49. The van der Waals surface area contributed by atoms with E-state index in [9.17, 15) is 10.1 Å². The maximum Gasteiger partial charge on any atom is 0.410 e. The molecule has 1 heterocycles. The Kier molecular flexibility index (Phi) is 5.99. The SMILES string of the molecule is COc1ccc(CC2(C#N)CCN(C(=O)OC(C)(C)C)CC2)cc1Br. The molecule has 0 aromatic heterocycles. The summed E-state index contributed by atoms with van der Waals surface area (Å²) in [5.74, 6) is 0.773. The highest BCUT2D eigenvalue weighted by atomic mass is 79.9. The lowest BCUT2D eigenvalue weighted by Gasteiger charge is -2.38. The van der Waals surface area contributed by atoms with Gasteiger partial charge in [0.25, 0.3) is 0 Å². The predicted octanol–water partition coefficient (Wildman–Crippen LogP) is 4.54. The van der Waals surface area contributed by atoms with E-state index in [1.807, 2.05) is 39.0 Å². The number of carbonyl (C=O) groups is 1. The second-order valence-electron chi connectivity index (χ2n) is 7.51. The fraction of sp³-hybridized carbons (Fsp3) is 0.579. The van der Waals surface area contributed by atoms with E-state index in [1.165, 1.54) is 0 Å². The monoisotopic (exact) mass is 408 g/mol. The zero-order valence-corrected chi connectivity index (χ0v) is 16.9. The quantitative estimate of drug-likeness (QED) is 0.735. The molecule has 6 heteroatoms. The third kappa shape index (κ3) is 5.12. The number of nitrogens with zero attached hydrogens (tertiary/aromatic N) is 2. The maximum atomic E-state index is 12.2. The number of methoxy groups -OCH3 is 1. The number of ether oxygens (including phenoxy) is 2. The number of piperidine rings is 1. The fourth-order valence-corrected chi connectivity index (χ4v) is 3.57. The first-order valence-corrected chi connectivity index (χ1v) is 9.19. The van der Waals surface area contributed by atoms with E-state index in [-0.39, 0.29) is 6.09 Å². The van der Waals surface area contributed by atoms with Crippen LogP contribution in [0.4, 0.5) is 4.79 Å². The van der Waals surface area contributed by atoms with Gasteiger partial charge in [-0.05, 0) is 73.7 Å². The Morgan fingerprint density at radius 3 is 2.48 bits per heavy atom. The van der Waals surface area contributed by atoms with E-state index in [1.54, 1.807) is 12.0 Å². The van der Waals surface area contributed by atoms with Gasteiger partial charge in [-0.25, -0.2) is 4.79 Å². The van der Waals surface area contributed by atoms with Crippen molar-refractivity contribution in [3.8, 4) is 11.8 Å². The minimum absolute atomic E-state index is 0.300. The standard InChI is InChI=1S/C19H25BrN2O3/c1-18(2,3)25-17(23)22-9-7-19(13-21,8-10-22)12-14-5-6-16(24-4)15(20)11-14/h5-6,11H,7-10,12H2,1-4H3. The van der Waals surface area contributed by atoms with Gasteiger partial charge in [0.15, 0.2) is 0 Å². The average Bonchev–Trinajstić information content (AvgIpc) is 2.54. The van der Waals surface area contributed by atoms with E-state index in [0.717, 1.165) is 15.8 Å². The molecule has 2 rings (SSSR count). The summed E-state index contributed by atoms with van der Waals surface area (Å²) in [4.78, 5) is 13.9. The molecule has 1 fully saturated rings. The minimum Gasteiger partial charge on any atom is -0.496 e. The van der Waals surface area contributed by atoms with Crippen LogP contribution >= 0.6 is 15.9 Å². The Morgan fingerprint density at radius 2 is 2.00 bits per heavy atom. The van der Waals surface area contributed by atoms with Crippen molar-refractivity contribution in [1.29, 1.82) is 5.26 Å². The van der Waals surface area contributed by atoms with Gasteiger partial charge in [0, 0.05) is 13.1 Å². The molecule has 0 atom stereocenters. The van der Waals surface area contributed by atoms with Crippen LogP contribution in [0.5, 0.6) is 5.75 Å². The molecule has 0 bridgehead atoms. The van der Waals surface area contributed by atoms with Crippen LogP contribution in [0.1, 0.15) is 39.2 Å². The van der Waals surface area contributed by atoms with Crippen molar-refractivity contribution in [3.05, 3.63) is 28.2 Å². The summed E-state index contributed by atoms with van der Waals surface area (Å²) in [6.07, 6.45) is 1.65. The molecule has 0 saturated carbocycles. The van der Waals surface area contributed by atoms with Gasteiger partial charge >= 0.3 is 6.09 Å². The summed E-state index contributed by atoms with van der Waals surface area (Å²) < 4.78 is 11.6. The molecule has 1 aromatic rings. The Morgan fingerprint density at radius 1 is 1.36 bits per heavy atom. The number of benzene rings is 1. The molecule has 1 aliphatic heterocycles. The summed E-state index contributed by atoms with van der Waals surface area (Å²) in [7, 11) is 1.63. The molecular weight excluding hydrogens is 384 g/mol. The molecule has 0 unspecified atom stereocenters. The number of hydrogen-bond acceptors (Lipinski definition) is 4. The number of hydrogen-bond donors (Lipinski definition) is 0. The highest BCUT2D eigenvalue weighted by Gasteiger charge is 2.37. The zero-order chi connectivity index (χ0) is 18.7. The van der Waals surface area contributed by atoms with Crippen molar-refractivity contribution in [1.82, 2.24) is 4.90 Å². The summed E-state index contributed by atoms with van der Waals surface area (Å²) in [5, 5.41) is 9.76. The van der Waals surface area contributed by atoms with Crippen LogP contribution < -0.4 is 4.74 Å². The number of rotatable bonds is 3. The normalized spacial score (nSPS) is 16.9. The predicted molar refractivity (Wildman–Crippen MR) is 99.5 cm³/mol. The third-order valence-corrected chi connectivity index (χ3v) is 4.99. The van der Waals surface area contributed by atoms with Crippen LogP contribution in [0, 0.1) is 16.7 Å². The zero-order valence-electron chi connectivity index (χ0n) is 15.3. The Labute approximate surface area is 158 Å². The van der Waals surface area contributed by atoms with Crippen molar-refractivity contribution in [2.24, 2.45) is 5.41 Å². The molecule has 0 N–H and O–H groups in total. The lowest BCUT2D eigenvalue weighted by Crippen LogP contribution is -2.45. The van der Waals surface area contributed by atoms with Crippen molar-refractivity contribution in [2.75, 3.05) is 20.2 Å². The Bertz CT molecular complexity index is 668. The van der Waals surface area contributed by atoms with Crippen molar-refractivity contribution in [3.63, 3.8) is 0 Å². The summed E-state index contributed by atoms with van der Waals surface area (Å²) in [5.41, 5.74) is 0.128. The molecule has 1 aromatic carbocycles. The topological polar surface area (TPSA) is 62.6 Å². The number of amides is 1. The summed E-state index contributed by atoms with van der Waals surface area (Å²) in [6, 6.07) is 8.39. The fourth-order valence-electron chi connectivity index (χ4n) is 2.98. The van der Waals surface area contributed by atoms with Crippen LogP contribution in [0.2, 0.25) is 0 Å². The first-order chi connectivity index (χ1) is 11.7. The van der Waals surface area contributed by atoms with Crippen LogP contribution in [0.15, 0.2) is 22.7 Å². The molecule has 25 heavy (non-hydrogen) atoms. The molecule has 0 aliphatic carbocycles. The second-order valence-corrected chi connectivity index (χ2v) is 8.36. The van der Waals surface area contributed by atoms with Crippen LogP contribution in [-0.4, -0.2) is 36.8 Å². The number of nitriles is 1. The van der Waals surface area contributed by atoms with E-state index < -0.39 is 11.0 Å². The van der Waals surface area contributed by atoms with E-state index in [0.29, 0.717) is 32.4 Å². The molecule has 1 amide bonds. The first kappa shape index (κ1) is 19.6. The van der Waals surface area contributed by atoms with Crippen molar-refractivity contribution >= 4 is 22.0 Å². The van der Waals surface area contributed by atoms with Gasteiger partial charge in [-0.1, -0.05) is 6.07 Å². The summed E-state index contributed by atoms with van der Waals surface area (Å²) in [6.45, 7) is 6.65. The highest BCUT2D eigenvalue weighted by molar-refractivity contribution is 9.10. The third-order valence-electron chi connectivity index (χ3n) is 4.37. The second kappa shape index (κ2) is 7.65. The highest BCUT2D eigenvalue weighted by Crippen LogP contribution is 2.36. The van der Waals surface area contributed by atoms with E-state index in [2.05, 4.69) is 22.0 Å². The van der Waals surface area contributed by atoms with Gasteiger partial charge in [-0.3, -0.25) is 0 Å². The van der Waals surface area contributed by atoms with Crippen LogP contribution in [-0.2, 0) is 11.2 Å². The van der Waals surface area contributed by atoms with E-state index >= 15 is 0 Å². The lowest BCUT2D eigenvalue weighted by atomic mass is 9.75. The first-order valence-electron chi connectivity index (χ1n) is 8.40. The molecule has 5 nitrogen and oxygen atoms in total. The molecule has 0 spiro atoms. The molecule has 1 saturated heterocycles. The molecule has 136 valence electrons. The van der Waals surface area contributed by atoms with Gasteiger partial charge < -0.3 is 14.4 Å². The number of likely N-dealkylation sites (tertiary alicyclic amines) is 1. The van der Waals surface area contributed by atoms with Gasteiger partial charge in [0.1, 0.15) is 11.4 Å².